The Kier molecular flexibility index (Phi) is 3.99. The summed E-state index contributed by atoms with van der Waals surface area (Å²) in [6, 6.07) is 3.54. The van der Waals surface area contributed by atoms with E-state index in [4.69, 9.17) is 9.84 Å². The third kappa shape index (κ3) is 3.94. The minimum absolute atomic E-state index is 0.0600. The van der Waals surface area contributed by atoms with Crippen LogP contribution >= 0.6 is 0 Å². The van der Waals surface area contributed by atoms with Crippen LogP contribution in [-0.4, -0.2) is 29.6 Å². The summed E-state index contributed by atoms with van der Waals surface area (Å²) in [5.41, 5.74) is -0.248. The molecule has 0 saturated heterocycles. The molecule has 5 nitrogen and oxygen atoms in total. The number of carbonyl (C=O) groups excluding carboxylic acids is 1. The first-order valence-electron chi connectivity index (χ1n) is 6.01. The molecule has 0 spiro atoms. The van der Waals surface area contributed by atoms with Crippen molar-refractivity contribution in [3.05, 3.63) is 29.6 Å². The van der Waals surface area contributed by atoms with Gasteiger partial charge in [0.15, 0.2) is 0 Å². The predicted molar refractivity (Wildman–Crippen MR) is 64.6 cm³/mol. The highest BCUT2D eigenvalue weighted by Crippen LogP contribution is 2.20. The van der Waals surface area contributed by atoms with Crippen molar-refractivity contribution >= 4 is 11.9 Å². The summed E-state index contributed by atoms with van der Waals surface area (Å²) in [6.07, 6.45) is 2.16. The van der Waals surface area contributed by atoms with Gasteiger partial charge in [0.05, 0.1) is 13.0 Å². The van der Waals surface area contributed by atoms with E-state index in [0.29, 0.717) is 0 Å². The number of hydrogen-bond acceptors (Lipinski definition) is 3. The Hall–Kier alpha value is -2.11. The zero-order valence-corrected chi connectivity index (χ0v) is 10.2. The molecule has 0 aromatic heterocycles. The molecule has 0 atom stereocenters. The SMILES string of the molecule is O=C(CCOc1ccc(F)cc1C(=O)O)NC1CC1. The van der Waals surface area contributed by atoms with Gasteiger partial charge in [-0.25, -0.2) is 9.18 Å². The van der Waals surface area contributed by atoms with Crippen LogP contribution in [0.2, 0.25) is 0 Å². The van der Waals surface area contributed by atoms with Gasteiger partial charge in [0.1, 0.15) is 17.1 Å². The topological polar surface area (TPSA) is 75.6 Å². The smallest absolute Gasteiger partial charge is 0.339 e. The molecular formula is C13H14FNO4. The van der Waals surface area contributed by atoms with Crippen molar-refractivity contribution in [2.24, 2.45) is 0 Å². The molecule has 1 aliphatic rings. The Bertz CT molecular complexity index is 499. The molecule has 1 amide bonds. The summed E-state index contributed by atoms with van der Waals surface area (Å²) in [6.45, 7) is 0.0600. The zero-order valence-electron chi connectivity index (χ0n) is 10.2. The Morgan fingerprint density at radius 1 is 1.42 bits per heavy atom. The molecule has 102 valence electrons. The van der Waals surface area contributed by atoms with Crippen LogP contribution in [0.15, 0.2) is 18.2 Å². The molecule has 0 unspecified atom stereocenters. The number of rotatable bonds is 6. The standard InChI is InChI=1S/C13H14FNO4/c14-8-1-4-11(10(7-8)13(17)18)19-6-5-12(16)15-9-2-3-9/h1,4,7,9H,2-3,5-6H2,(H,15,16)(H,17,18). The van der Waals surface area contributed by atoms with Gasteiger partial charge in [-0.15, -0.1) is 0 Å². The highest BCUT2D eigenvalue weighted by molar-refractivity contribution is 5.90. The molecule has 2 N–H and O–H groups in total. The Morgan fingerprint density at radius 2 is 2.16 bits per heavy atom. The van der Waals surface area contributed by atoms with Crippen molar-refractivity contribution < 1.29 is 23.8 Å². The number of amides is 1. The molecule has 1 saturated carbocycles. The van der Waals surface area contributed by atoms with Crippen LogP contribution in [0.5, 0.6) is 5.75 Å². The molecule has 0 radical (unpaired) electrons. The summed E-state index contributed by atoms with van der Waals surface area (Å²) in [4.78, 5) is 22.3. The molecule has 19 heavy (non-hydrogen) atoms. The van der Waals surface area contributed by atoms with E-state index in [1.165, 1.54) is 6.07 Å². The highest BCUT2D eigenvalue weighted by Gasteiger charge is 2.23. The summed E-state index contributed by atoms with van der Waals surface area (Å²) >= 11 is 0. The Balaban J connectivity index is 1.87. The average Bonchev–Trinajstić information content (AvgIpc) is 3.14. The van der Waals surface area contributed by atoms with E-state index in [2.05, 4.69) is 5.32 Å². The minimum atomic E-state index is -1.27. The number of halogens is 1. The van der Waals surface area contributed by atoms with Crippen LogP contribution in [0, 0.1) is 5.82 Å². The van der Waals surface area contributed by atoms with Crippen LogP contribution in [0.4, 0.5) is 4.39 Å². The predicted octanol–water partition coefficient (Wildman–Crippen LogP) is 1.57. The summed E-state index contributed by atoms with van der Waals surface area (Å²) < 4.78 is 18.1. The van der Waals surface area contributed by atoms with E-state index in [0.717, 1.165) is 25.0 Å². The van der Waals surface area contributed by atoms with Gasteiger partial charge in [-0.2, -0.15) is 0 Å². The van der Waals surface area contributed by atoms with Gasteiger partial charge < -0.3 is 15.2 Å². The number of carbonyl (C=O) groups is 2. The van der Waals surface area contributed by atoms with Gasteiger partial charge in [-0.3, -0.25) is 4.79 Å². The van der Waals surface area contributed by atoms with Crippen molar-refractivity contribution in [1.29, 1.82) is 0 Å². The lowest BCUT2D eigenvalue weighted by Gasteiger charge is -2.09. The molecule has 1 aromatic carbocycles. The highest BCUT2D eigenvalue weighted by atomic mass is 19.1. The second-order valence-electron chi connectivity index (χ2n) is 4.39. The van der Waals surface area contributed by atoms with Crippen molar-refractivity contribution in [1.82, 2.24) is 5.32 Å². The summed E-state index contributed by atoms with van der Waals surface area (Å²) in [5.74, 6) is -1.97. The number of benzene rings is 1. The molecule has 1 fully saturated rings. The van der Waals surface area contributed by atoms with Crippen LogP contribution in [0.3, 0.4) is 0 Å². The molecule has 0 heterocycles. The quantitative estimate of drug-likeness (QED) is 0.820. The number of aromatic carboxylic acids is 1. The van der Waals surface area contributed by atoms with Gasteiger partial charge in [0, 0.05) is 6.04 Å². The van der Waals surface area contributed by atoms with E-state index in [1.807, 2.05) is 0 Å². The molecule has 1 aromatic rings. The zero-order chi connectivity index (χ0) is 13.8. The largest absolute Gasteiger partial charge is 0.492 e. The lowest BCUT2D eigenvalue weighted by atomic mass is 10.2. The van der Waals surface area contributed by atoms with Gasteiger partial charge in [0.25, 0.3) is 0 Å². The first-order chi connectivity index (χ1) is 9.06. The normalized spacial score (nSPS) is 13.9. The molecule has 0 bridgehead atoms. The first kappa shape index (κ1) is 13.3. The molecule has 0 aliphatic heterocycles. The van der Waals surface area contributed by atoms with Gasteiger partial charge in [0.2, 0.25) is 5.91 Å². The second-order valence-corrected chi connectivity index (χ2v) is 4.39. The average molecular weight is 267 g/mol. The van der Waals surface area contributed by atoms with E-state index in [1.54, 1.807) is 0 Å². The second kappa shape index (κ2) is 5.69. The maximum absolute atomic E-state index is 12.9. The van der Waals surface area contributed by atoms with E-state index in [-0.39, 0.29) is 36.3 Å². The van der Waals surface area contributed by atoms with Crippen LogP contribution in [-0.2, 0) is 4.79 Å². The number of carboxylic acid groups (broad SMARTS) is 1. The molecule has 6 heteroatoms. The molecule has 2 rings (SSSR count). The van der Waals surface area contributed by atoms with Gasteiger partial charge in [-0.1, -0.05) is 0 Å². The fraction of sp³-hybridized carbons (Fsp3) is 0.385. The van der Waals surface area contributed by atoms with Crippen molar-refractivity contribution in [2.75, 3.05) is 6.61 Å². The molecular weight excluding hydrogens is 253 g/mol. The first-order valence-corrected chi connectivity index (χ1v) is 6.01. The van der Waals surface area contributed by atoms with E-state index >= 15 is 0 Å². The minimum Gasteiger partial charge on any atom is -0.492 e. The number of hydrogen-bond donors (Lipinski definition) is 2. The number of ether oxygens (including phenoxy) is 1. The van der Waals surface area contributed by atoms with E-state index < -0.39 is 11.8 Å². The third-order valence-electron chi connectivity index (χ3n) is 2.70. The lowest BCUT2D eigenvalue weighted by molar-refractivity contribution is -0.121. The van der Waals surface area contributed by atoms with Gasteiger partial charge in [-0.05, 0) is 31.0 Å². The van der Waals surface area contributed by atoms with Crippen molar-refractivity contribution in [3.63, 3.8) is 0 Å². The van der Waals surface area contributed by atoms with Crippen molar-refractivity contribution in [2.45, 2.75) is 25.3 Å². The Morgan fingerprint density at radius 3 is 2.79 bits per heavy atom. The maximum atomic E-state index is 12.9. The fourth-order valence-electron chi connectivity index (χ4n) is 1.58. The van der Waals surface area contributed by atoms with Crippen LogP contribution in [0.25, 0.3) is 0 Å². The maximum Gasteiger partial charge on any atom is 0.339 e. The lowest BCUT2D eigenvalue weighted by Crippen LogP contribution is -2.26. The third-order valence-corrected chi connectivity index (χ3v) is 2.70. The number of carboxylic acids is 1. The fourth-order valence-corrected chi connectivity index (χ4v) is 1.58. The number of nitrogens with one attached hydrogen (secondary N) is 1. The summed E-state index contributed by atoms with van der Waals surface area (Å²) in [7, 11) is 0. The Labute approximate surface area is 109 Å². The monoisotopic (exact) mass is 267 g/mol. The van der Waals surface area contributed by atoms with Crippen LogP contribution < -0.4 is 10.1 Å². The van der Waals surface area contributed by atoms with Crippen LogP contribution in [0.1, 0.15) is 29.6 Å². The van der Waals surface area contributed by atoms with Gasteiger partial charge >= 0.3 is 5.97 Å². The van der Waals surface area contributed by atoms with Crippen molar-refractivity contribution in [3.8, 4) is 5.75 Å². The summed E-state index contributed by atoms with van der Waals surface area (Å²) in [5, 5.41) is 11.7. The molecule has 1 aliphatic carbocycles. The van der Waals surface area contributed by atoms with E-state index in [9.17, 15) is 14.0 Å².